The smallest absolute Gasteiger partial charge is 0.236 e. The van der Waals surface area contributed by atoms with Gasteiger partial charge >= 0.3 is 0 Å². The fraction of sp³-hybridized carbons (Fsp3) is 0.500. The largest absolute Gasteiger partial charge is 0.309 e. The van der Waals surface area contributed by atoms with Crippen molar-refractivity contribution in [3.05, 3.63) is 46.7 Å². The number of thioether (sulfide) groups is 1. The van der Waals surface area contributed by atoms with E-state index >= 15 is 0 Å². The molecule has 162 valence electrons. The van der Waals surface area contributed by atoms with Crippen LogP contribution < -0.4 is 5.32 Å². The van der Waals surface area contributed by atoms with Gasteiger partial charge in [-0.2, -0.15) is 0 Å². The zero-order chi connectivity index (χ0) is 21.2. The minimum Gasteiger partial charge on any atom is -0.309 e. The number of rotatable bonds is 7. The Morgan fingerprint density at radius 2 is 1.90 bits per heavy atom. The van der Waals surface area contributed by atoms with E-state index in [9.17, 15) is 4.79 Å². The molecule has 1 aromatic carbocycles. The van der Waals surface area contributed by atoms with Crippen molar-refractivity contribution in [1.29, 1.82) is 0 Å². The molecule has 5 rings (SSSR count). The summed E-state index contributed by atoms with van der Waals surface area (Å²) in [5.74, 6) is 2.61. The van der Waals surface area contributed by atoms with Crippen molar-refractivity contribution < 1.29 is 4.79 Å². The number of aromatic nitrogens is 5. The third-order valence-electron chi connectivity index (χ3n) is 6.19. The lowest BCUT2D eigenvalue weighted by molar-refractivity contribution is -0.113. The van der Waals surface area contributed by atoms with E-state index in [2.05, 4.69) is 50.0 Å². The Morgan fingerprint density at radius 1 is 1.10 bits per heavy atom. The molecule has 7 nitrogen and oxygen atoms in total. The molecular weight excluding hydrogens is 428 g/mol. The van der Waals surface area contributed by atoms with E-state index in [0.29, 0.717) is 22.9 Å². The molecule has 2 aliphatic rings. The standard InChI is InChI=1S/C22H26N6OS2/c1-28-19(17-12-16(17)14-8-4-2-5-9-14)24-27-22(28)30-13-18(29)23-21-26-25-20(31-21)15-10-6-3-7-11-15/h2,4-5,8-9,15-17H,3,6-7,10-13H2,1H3,(H,23,26,29)/t16-,17-/m0/s1. The molecule has 0 unspecified atom stereocenters. The van der Waals surface area contributed by atoms with Crippen LogP contribution in [0.15, 0.2) is 35.5 Å². The zero-order valence-electron chi connectivity index (χ0n) is 17.5. The molecule has 1 N–H and O–H groups in total. The molecule has 0 aliphatic heterocycles. The maximum Gasteiger partial charge on any atom is 0.236 e. The number of anilines is 1. The Labute approximate surface area is 190 Å². The first kappa shape index (κ1) is 20.6. The molecule has 2 aromatic heterocycles. The van der Waals surface area contributed by atoms with Gasteiger partial charge in [0.25, 0.3) is 0 Å². The van der Waals surface area contributed by atoms with E-state index in [1.807, 2.05) is 17.7 Å². The van der Waals surface area contributed by atoms with Crippen LogP contribution in [0.25, 0.3) is 0 Å². The molecule has 31 heavy (non-hydrogen) atoms. The van der Waals surface area contributed by atoms with Gasteiger partial charge in [-0.3, -0.25) is 10.1 Å². The number of benzene rings is 1. The Morgan fingerprint density at radius 3 is 2.71 bits per heavy atom. The van der Waals surface area contributed by atoms with Gasteiger partial charge in [0, 0.05) is 18.9 Å². The molecule has 1 amide bonds. The third-order valence-corrected chi connectivity index (χ3v) is 8.21. The van der Waals surface area contributed by atoms with Crippen LogP contribution >= 0.6 is 23.1 Å². The Hall–Kier alpha value is -2.26. The van der Waals surface area contributed by atoms with Crippen molar-refractivity contribution in [3.8, 4) is 0 Å². The van der Waals surface area contributed by atoms with Gasteiger partial charge in [0.05, 0.1) is 5.75 Å². The lowest BCUT2D eigenvalue weighted by atomic mass is 9.90. The summed E-state index contributed by atoms with van der Waals surface area (Å²) in [5, 5.41) is 22.5. The minimum atomic E-state index is -0.0884. The van der Waals surface area contributed by atoms with Gasteiger partial charge < -0.3 is 4.57 Å². The van der Waals surface area contributed by atoms with Gasteiger partial charge in [0.15, 0.2) is 5.16 Å². The number of carbonyl (C=O) groups excluding carboxylic acids is 1. The molecule has 0 saturated heterocycles. The van der Waals surface area contributed by atoms with Gasteiger partial charge in [-0.1, -0.05) is 72.7 Å². The van der Waals surface area contributed by atoms with Gasteiger partial charge in [0.1, 0.15) is 10.8 Å². The van der Waals surface area contributed by atoms with Crippen molar-refractivity contribution in [3.63, 3.8) is 0 Å². The third kappa shape index (κ3) is 4.67. The van der Waals surface area contributed by atoms with Crippen molar-refractivity contribution >= 4 is 34.1 Å². The highest BCUT2D eigenvalue weighted by Gasteiger charge is 2.42. The Balaban J connectivity index is 1.14. The predicted octanol–water partition coefficient (Wildman–Crippen LogP) is 4.72. The van der Waals surface area contributed by atoms with Crippen LogP contribution in [0.5, 0.6) is 0 Å². The van der Waals surface area contributed by atoms with Crippen molar-refractivity contribution in [1.82, 2.24) is 25.0 Å². The quantitative estimate of drug-likeness (QED) is 0.520. The molecule has 9 heteroatoms. The number of amides is 1. The van der Waals surface area contributed by atoms with Crippen molar-refractivity contribution in [2.24, 2.45) is 7.05 Å². The number of nitrogens with zero attached hydrogens (tertiary/aromatic N) is 5. The van der Waals surface area contributed by atoms with Crippen LogP contribution in [0.3, 0.4) is 0 Å². The average Bonchev–Trinajstić information content (AvgIpc) is 3.31. The highest BCUT2D eigenvalue weighted by atomic mass is 32.2. The maximum atomic E-state index is 12.4. The first-order chi connectivity index (χ1) is 15.2. The first-order valence-electron chi connectivity index (χ1n) is 10.9. The molecule has 0 spiro atoms. The van der Waals surface area contributed by atoms with Crippen molar-refractivity contribution in [2.45, 2.75) is 61.4 Å². The Kier molecular flexibility index (Phi) is 6.04. The molecule has 2 heterocycles. The summed E-state index contributed by atoms with van der Waals surface area (Å²) in [6, 6.07) is 10.6. The Bertz CT molecular complexity index is 1040. The summed E-state index contributed by atoms with van der Waals surface area (Å²) in [6.45, 7) is 0. The molecular formula is C22H26N6OS2. The number of hydrogen-bond acceptors (Lipinski definition) is 7. The number of nitrogens with one attached hydrogen (secondary N) is 1. The van der Waals surface area contributed by atoms with Gasteiger partial charge in [-0.05, 0) is 30.7 Å². The van der Waals surface area contributed by atoms with E-state index < -0.39 is 0 Å². The van der Waals surface area contributed by atoms with Crippen LogP contribution in [-0.2, 0) is 11.8 Å². The van der Waals surface area contributed by atoms with Crippen LogP contribution in [0, 0.1) is 0 Å². The van der Waals surface area contributed by atoms with E-state index in [4.69, 9.17) is 0 Å². The fourth-order valence-electron chi connectivity index (χ4n) is 4.41. The average molecular weight is 455 g/mol. The predicted molar refractivity (Wildman–Crippen MR) is 123 cm³/mol. The summed E-state index contributed by atoms with van der Waals surface area (Å²) >= 11 is 2.92. The van der Waals surface area contributed by atoms with Gasteiger partial charge in [-0.25, -0.2) is 0 Å². The minimum absolute atomic E-state index is 0.0884. The summed E-state index contributed by atoms with van der Waals surface area (Å²) in [5.41, 5.74) is 1.36. The summed E-state index contributed by atoms with van der Waals surface area (Å²) in [7, 11) is 1.98. The SMILES string of the molecule is Cn1c(SCC(=O)Nc2nnc(C3CCCCC3)s2)nnc1[C@H]1C[C@H]1c1ccccc1. The normalized spacial score (nSPS) is 21.2. The summed E-state index contributed by atoms with van der Waals surface area (Å²) < 4.78 is 2.03. The second-order valence-corrected chi connectivity index (χ2v) is 10.3. The summed E-state index contributed by atoms with van der Waals surface area (Å²) in [6.07, 6.45) is 7.29. The molecule has 0 radical (unpaired) electrons. The van der Waals surface area contributed by atoms with E-state index in [-0.39, 0.29) is 11.7 Å². The zero-order valence-corrected chi connectivity index (χ0v) is 19.2. The summed E-state index contributed by atoms with van der Waals surface area (Å²) in [4.78, 5) is 12.4. The van der Waals surface area contributed by atoms with E-state index in [0.717, 1.165) is 22.4 Å². The number of hydrogen-bond donors (Lipinski definition) is 1. The molecule has 3 aromatic rings. The van der Waals surface area contributed by atoms with Crippen molar-refractivity contribution in [2.75, 3.05) is 11.1 Å². The van der Waals surface area contributed by atoms with Crippen LogP contribution in [0.1, 0.15) is 72.7 Å². The van der Waals surface area contributed by atoms with Crippen LogP contribution in [-0.4, -0.2) is 36.6 Å². The highest BCUT2D eigenvalue weighted by Crippen LogP contribution is 2.54. The molecule has 0 bridgehead atoms. The van der Waals surface area contributed by atoms with Crippen LogP contribution in [0.2, 0.25) is 0 Å². The highest BCUT2D eigenvalue weighted by molar-refractivity contribution is 7.99. The topological polar surface area (TPSA) is 85.6 Å². The van der Waals surface area contributed by atoms with Gasteiger partial charge in [0.2, 0.25) is 11.0 Å². The number of carbonyl (C=O) groups is 1. The lowest BCUT2D eigenvalue weighted by Crippen LogP contribution is -2.14. The molecule has 2 aliphatic carbocycles. The molecule has 2 saturated carbocycles. The molecule has 2 fully saturated rings. The maximum absolute atomic E-state index is 12.4. The molecule has 2 atom stereocenters. The van der Waals surface area contributed by atoms with Crippen LogP contribution in [0.4, 0.5) is 5.13 Å². The first-order valence-corrected chi connectivity index (χ1v) is 12.7. The van der Waals surface area contributed by atoms with E-state index in [1.54, 1.807) is 0 Å². The van der Waals surface area contributed by atoms with Gasteiger partial charge in [-0.15, -0.1) is 20.4 Å². The second kappa shape index (κ2) is 9.08. The second-order valence-electron chi connectivity index (χ2n) is 8.38. The monoisotopic (exact) mass is 454 g/mol. The van der Waals surface area contributed by atoms with E-state index in [1.165, 1.54) is 60.8 Å². The lowest BCUT2D eigenvalue weighted by Gasteiger charge is -2.18. The fourth-order valence-corrected chi connectivity index (χ4v) is 6.06.